The molecule has 0 saturated heterocycles. The normalized spacial score (nSPS) is 19.0. The predicted octanol–water partition coefficient (Wildman–Crippen LogP) is 6.80. The van der Waals surface area contributed by atoms with Gasteiger partial charge in [-0.05, 0) is 73.9 Å². The number of aliphatic carboxylic acids is 1. The number of benzene rings is 3. The number of rotatable bonds is 8. The molecule has 0 amide bonds. The number of hydrogen-bond donors (Lipinski definition) is 3. The lowest BCUT2D eigenvalue weighted by Gasteiger charge is -2.42. The largest absolute Gasteiger partial charge is 0.487 e. The number of fused-ring (bicyclic) bond motifs is 1. The first-order chi connectivity index (χ1) is 17.1. The van der Waals surface area contributed by atoms with E-state index < -0.39 is 16.7 Å². The summed E-state index contributed by atoms with van der Waals surface area (Å²) < 4.78 is 30.2. The summed E-state index contributed by atoms with van der Waals surface area (Å²) >= 11 is 0. The Morgan fingerprint density at radius 2 is 1.81 bits per heavy atom. The van der Waals surface area contributed by atoms with Gasteiger partial charge in [-0.15, -0.1) is 10.8 Å². The van der Waals surface area contributed by atoms with Gasteiger partial charge in [-0.2, -0.15) is 4.31 Å². The van der Waals surface area contributed by atoms with Gasteiger partial charge >= 0.3 is 5.97 Å². The number of para-hydroxylation sites is 1. The maximum atomic E-state index is 11.7. The van der Waals surface area contributed by atoms with E-state index in [1.165, 1.54) is 11.1 Å². The lowest BCUT2D eigenvalue weighted by molar-refractivity contribution is -0.137. The van der Waals surface area contributed by atoms with Gasteiger partial charge in [0.05, 0.1) is 13.0 Å². The number of ether oxygens (including phenoxy) is 1. The van der Waals surface area contributed by atoms with Crippen LogP contribution in [0.25, 0.3) is 0 Å². The Balaban J connectivity index is 1.60. The molecule has 1 aliphatic rings. The third-order valence-corrected chi connectivity index (χ3v) is 8.73. The van der Waals surface area contributed by atoms with Crippen LogP contribution in [0.3, 0.4) is 0 Å². The van der Waals surface area contributed by atoms with E-state index in [1.54, 1.807) is 22.5 Å². The summed E-state index contributed by atoms with van der Waals surface area (Å²) in [7, 11) is -3.25. The van der Waals surface area contributed by atoms with Gasteiger partial charge in [-0.3, -0.25) is 13.9 Å². The van der Waals surface area contributed by atoms with Gasteiger partial charge in [0.25, 0.3) is 0 Å². The zero-order valence-electron chi connectivity index (χ0n) is 21.1. The number of carboxylic acids is 1. The van der Waals surface area contributed by atoms with Crippen LogP contribution >= 0.6 is 10.8 Å². The van der Waals surface area contributed by atoms with Crippen molar-refractivity contribution in [3.8, 4) is 5.75 Å². The van der Waals surface area contributed by atoms with Crippen molar-refractivity contribution in [1.82, 2.24) is 4.31 Å². The Labute approximate surface area is 215 Å². The van der Waals surface area contributed by atoms with Gasteiger partial charge in [-0.25, -0.2) is 0 Å². The standard InChI is InChI=1S/C29H35NO5S/c1-20-8-11-23(12-9-20)13-15-25(17-29(31)32)24-14-10-21(2)26(16-24)19-30-18-22(3)35-27-6-4-5-7-28(27)36(30,33)34/h4-12,14,16,22,25,33-34H,13,15,17-19H2,1-3H3,(H,31,32)/t22-,25?/m1/s1. The first kappa shape index (κ1) is 26.2. The van der Waals surface area contributed by atoms with Crippen molar-refractivity contribution >= 4 is 16.7 Å². The van der Waals surface area contributed by atoms with Gasteiger partial charge < -0.3 is 9.84 Å². The highest BCUT2D eigenvalue weighted by atomic mass is 32.3. The van der Waals surface area contributed by atoms with E-state index in [0.29, 0.717) is 23.7 Å². The van der Waals surface area contributed by atoms with Crippen molar-refractivity contribution in [2.75, 3.05) is 6.54 Å². The highest BCUT2D eigenvalue weighted by molar-refractivity contribution is 8.22. The van der Waals surface area contributed by atoms with E-state index in [0.717, 1.165) is 29.5 Å². The molecular formula is C29H35NO5S. The summed E-state index contributed by atoms with van der Waals surface area (Å²) in [5, 5.41) is 9.60. The molecule has 1 aliphatic heterocycles. The van der Waals surface area contributed by atoms with Gasteiger partial charge in [-0.1, -0.05) is 60.2 Å². The molecule has 0 aromatic heterocycles. The minimum atomic E-state index is -3.25. The molecule has 1 unspecified atom stereocenters. The number of hydrogen-bond acceptors (Lipinski definition) is 5. The molecule has 3 aromatic rings. The molecule has 192 valence electrons. The van der Waals surface area contributed by atoms with Crippen LogP contribution in [0, 0.1) is 13.8 Å². The summed E-state index contributed by atoms with van der Waals surface area (Å²) in [5.74, 6) is -0.471. The molecule has 0 saturated carbocycles. The van der Waals surface area contributed by atoms with E-state index in [4.69, 9.17) is 4.74 Å². The van der Waals surface area contributed by atoms with Crippen LogP contribution in [0.2, 0.25) is 0 Å². The maximum Gasteiger partial charge on any atom is 0.303 e. The van der Waals surface area contributed by atoms with E-state index >= 15 is 0 Å². The molecular weight excluding hydrogens is 474 g/mol. The first-order valence-electron chi connectivity index (χ1n) is 12.3. The van der Waals surface area contributed by atoms with Gasteiger partial charge in [0.2, 0.25) is 0 Å². The summed E-state index contributed by atoms with van der Waals surface area (Å²) in [6, 6.07) is 21.5. The van der Waals surface area contributed by atoms with Gasteiger partial charge in [0, 0.05) is 6.54 Å². The molecule has 0 aliphatic carbocycles. The first-order valence-corrected chi connectivity index (χ1v) is 13.8. The smallest absolute Gasteiger partial charge is 0.303 e. The summed E-state index contributed by atoms with van der Waals surface area (Å²) in [6.45, 7) is 6.64. The highest BCUT2D eigenvalue weighted by Gasteiger charge is 2.34. The van der Waals surface area contributed by atoms with E-state index in [-0.39, 0.29) is 18.4 Å². The van der Waals surface area contributed by atoms with Crippen molar-refractivity contribution in [3.63, 3.8) is 0 Å². The van der Waals surface area contributed by atoms with Crippen LogP contribution in [-0.4, -0.2) is 37.1 Å². The average molecular weight is 510 g/mol. The number of carboxylic acid groups (broad SMARTS) is 1. The molecule has 7 heteroatoms. The molecule has 0 radical (unpaired) electrons. The molecule has 0 spiro atoms. The van der Waals surface area contributed by atoms with Crippen molar-refractivity contribution < 1.29 is 23.7 Å². The molecule has 6 nitrogen and oxygen atoms in total. The lowest BCUT2D eigenvalue weighted by Crippen LogP contribution is -2.33. The van der Waals surface area contributed by atoms with E-state index in [2.05, 4.69) is 31.2 Å². The van der Waals surface area contributed by atoms with Crippen LogP contribution in [0.5, 0.6) is 5.75 Å². The number of aryl methyl sites for hydroxylation is 3. The molecule has 1 heterocycles. The molecule has 4 rings (SSSR count). The summed E-state index contributed by atoms with van der Waals surface area (Å²) in [5.41, 5.74) is 5.32. The Kier molecular flexibility index (Phi) is 8.05. The second-order valence-electron chi connectivity index (χ2n) is 9.72. The Hall–Kier alpha value is -2.84. The third-order valence-electron chi connectivity index (χ3n) is 6.81. The fraction of sp³-hybridized carbons (Fsp3) is 0.345. The van der Waals surface area contributed by atoms with Crippen LogP contribution in [0.4, 0.5) is 0 Å². The van der Waals surface area contributed by atoms with Crippen LogP contribution in [-0.2, 0) is 17.8 Å². The summed E-state index contributed by atoms with van der Waals surface area (Å²) in [6.07, 6.45) is 1.33. The van der Waals surface area contributed by atoms with Crippen LogP contribution in [0.1, 0.15) is 53.5 Å². The zero-order chi connectivity index (χ0) is 25.9. The average Bonchev–Trinajstić information content (AvgIpc) is 2.92. The molecule has 2 atom stereocenters. The van der Waals surface area contributed by atoms with Crippen LogP contribution in [0.15, 0.2) is 71.6 Å². The number of carbonyl (C=O) groups is 1. The number of nitrogens with zero attached hydrogens (tertiary/aromatic N) is 1. The Bertz CT molecular complexity index is 1210. The monoisotopic (exact) mass is 509 g/mol. The maximum absolute atomic E-state index is 11.7. The van der Waals surface area contributed by atoms with Gasteiger partial charge in [0.15, 0.2) is 0 Å². The lowest BCUT2D eigenvalue weighted by atomic mass is 9.88. The highest BCUT2D eigenvalue weighted by Crippen LogP contribution is 2.57. The molecule has 3 N–H and O–H groups in total. The second-order valence-corrected chi connectivity index (χ2v) is 11.7. The Morgan fingerprint density at radius 3 is 2.53 bits per heavy atom. The molecule has 0 bridgehead atoms. The molecule has 0 fully saturated rings. The fourth-order valence-electron chi connectivity index (χ4n) is 4.71. The molecule has 36 heavy (non-hydrogen) atoms. The van der Waals surface area contributed by atoms with Crippen LogP contribution < -0.4 is 4.74 Å². The van der Waals surface area contributed by atoms with Crippen molar-refractivity contribution in [3.05, 3.63) is 94.5 Å². The van der Waals surface area contributed by atoms with Crippen molar-refractivity contribution in [1.29, 1.82) is 0 Å². The van der Waals surface area contributed by atoms with E-state index in [9.17, 15) is 19.0 Å². The topological polar surface area (TPSA) is 90.2 Å². The predicted molar refractivity (Wildman–Crippen MR) is 144 cm³/mol. The molecule has 3 aromatic carbocycles. The van der Waals surface area contributed by atoms with E-state index in [1.807, 2.05) is 38.1 Å². The Morgan fingerprint density at radius 1 is 1.08 bits per heavy atom. The fourth-order valence-corrected chi connectivity index (χ4v) is 6.37. The summed E-state index contributed by atoms with van der Waals surface area (Å²) in [4.78, 5) is 12.1. The van der Waals surface area contributed by atoms with Gasteiger partial charge in [0.1, 0.15) is 16.7 Å². The zero-order valence-corrected chi connectivity index (χ0v) is 21.9. The quantitative estimate of drug-likeness (QED) is 0.309. The third kappa shape index (κ3) is 6.10. The van der Waals surface area contributed by atoms with Crippen molar-refractivity contribution in [2.45, 2.75) is 63.5 Å². The minimum Gasteiger partial charge on any atom is -0.487 e. The minimum absolute atomic E-state index is 0.0471. The van der Waals surface area contributed by atoms with Crippen molar-refractivity contribution in [2.24, 2.45) is 0 Å². The SMILES string of the molecule is Cc1ccc(CCC(CC(=O)O)c2ccc(C)c(CN3C[C@@H](C)Oc4ccccc4S3(O)O)c2)cc1. The second kappa shape index (κ2) is 11.0.